The van der Waals surface area contributed by atoms with E-state index >= 15 is 0 Å². The molecule has 0 bridgehead atoms. The summed E-state index contributed by atoms with van der Waals surface area (Å²) in [6.45, 7) is 10.3. The van der Waals surface area contributed by atoms with Gasteiger partial charge in [0.15, 0.2) is 5.78 Å². The number of allylic oxidation sites excluding steroid dienone is 2. The highest BCUT2D eigenvalue weighted by atomic mass is 16.5. The Morgan fingerprint density at radius 2 is 1.96 bits per heavy atom. The van der Waals surface area contributed by atoms with Crippen LogP contribution in [0.1, 0.15) is 66.7 Å². The number of carbonyl (C=O) groups is 2. The Balaban J connectivity index is 2.38. The Bertz CT molecular complexity index is 528. The first kappa shape index (κ1) is 19.2. The molecule has 2 aliphatic rings. The molecule has 0 N–H and O–H groups in total. The van der Waals surface area contributed by atoms with Crippen LogP contribution >= 0.6 is 0 Å². The normalized spacial score (nSPS) is 36.2. The fourth-order valence-electron chi connectivity index (χ4n) is 4.57. The summed E-state index contributed by atoms with van der Waals surface area (Å²) < 4.78 is 11.4. The number of esters is 1. The van der Waals surface area contributed by atoms with E-state index in [1.807, 2.05) is 13.0 Å². The van der Waals surface area contributed by atoms with Crippen LogP contribution in [0.15, 0.2) is 11.6 Å². The van der Waals surface area contributed by atoms with Gasteiger partial charge in [0, 0.05) is 6.42 Å². The molecule has 0 aromatic heterocycles. The van der Waals surface area contributed by atoms with E-state index in [9.17, 15) is 9.59 Å². The van der Waals surface area contributed by atoms with Gasteiger partial charge in [-0.3, -0.25) is 9.59 Å². The zero-order chi connectivity index (χ0) is 18.1. The molecule has 4 atom stereocenters. The summed E-state index contributed by atoms with van der Waals surface area (Å²) in [5.74, 6) is -0.103. The summed E-state index contributed by atoms with van der Waals surface area (Å²) in [6, 6.07) is 0. The third-order valence-electron chi connectivity index (χ3n) is 5.85. The number of hydrogen-bond donors (Lipinski definition) is 0. The molecule has 0 unspecified atom stereocenters. The van der Waals surface area contributed by atoms with Crippen molar-refractivity contribution in [2.75, 3.05) is 7.11 Å². The van der Waals surface area contributed by atoms with E-state index in [2.05, 4.69) is 27.7 Å². The Labute approximate surface area is 146 Å². The number of hydrogen-bond acceptors (Lipinski definition) is 4. The molecule has 2 fully saturated rings. The van der Waals surface area contributed by atoms with Crippen LogP contribution in [0.3, 0.4) is 0 Å². The minimum atomic E-state index is -0.260. The number of carbonyl (C=O) groups excluding carboxylic acids is 2. The van der Waals surface area contributed by atoms with Crippen LogP contribution in [-0.4, -0.2) is 30.6 Å². The molecule has 0 aromatic carbocycles. The van der Waals surface area contributed by atoms with Gasteiger partial charge in [0.1, 0.15) is 0 Å². The number of methoxy groups -OCH3 is 1. The van der Waals surface area contributed by atoms with Crippen molar-refractivity contribution in [1.82, 2.24) is 0 Å². The molecular weight excluding hydrogens is 304 g/mol. The fraction of sp³-hybridized carbons (Fsp3) is 0.800. The van der Waals surface area contributed by atoms with E-state index < -0.39 is 0 Å². The van der Waals surface area contributed by atoms with Crippen molar-refractivity contribution in [2.24, 2.45) is 17.3 Å². The second-order valence-corrected chi connectivity index (χ2v) is 8.48. The van der Waals surface area contributed by atoms with Gasteiger partial charge in [-0.1, -0.05) is 13.0 Å². The predicted molar refractivity (Wildman–Crippen MR) is 93.6 cm³/mol. The van der Waals surface area contributed by atoms with Gasteiger partial charge in [-0.2, -0.15) is 0 Å². The van der Waals surface area contributed by atoms with Crippen LogP contribution in [0.2, 0.25) is 0 Å². The van der Waals surface area contributed by atoms with Gasteiger partial charge in [0.05, 0.1) is 24.7 Å². The van der Waals surface area contributed by atoms with Crippen molar-refractivity contribution in [1.29, 1.82) is 0 Å². The van der Waals surface area contributed by atoms with E-state index in [1.54, 1.807) is 0 Å². The standard InChI is InChI=1S/C20H32O4/c1-7-13-12-14(18(22)23-6)15-8-9-17(24-19(2,3)4)20(15,5)11-10-16(13)21/h7,14-15,17H,8-12H2,1-6H3/b13-7+/t14-,15-,17-,20-/m1/s1. The molecule has 0 amide bonds. The second kappa shape index (κ2) is 6.99. The van der Waals surface area contributed by atoms with Crippen LogP contribution < -0.4 is 0 Å². The van der Waals surface area contributed by atoms with E-state index in [4.69, 9.17) is 9.47 Å². The molecule has 0 heterocycles. The summed E-state index contributed by atoms with van der Waals surface area (Å²) in [5.41, 5.74) is 0.373. The van der Waals surface area contributed by atoms with Crippen LogP contribution in [0.4, 0.5) is 0 Å². The summed E-state index contributed by atoms with van der Waals surface area (Å²) in [6.07, 6.45) is 5.61. The van der Waals surface area contributed by atoms with Crippen LogP contribution in [0.5, 0.6) is 0 Å². The summed E-state index contributed by atoms with van der Waals surface area (Å²) in [7, 11) is 1.44. The molecule has 4 nitrogen and oxygen atoms in total. The van der Waals surface area contributed by atoms with E-state index in [0.29, 0.717) is 12.8 Å². The van der Waals surface area contributed by atoms with Crippen molar-refractivity contribution in [3.63, 3.8) is 0 Å². The first-order valence-corrected chi connectivity index (χ1v) is 9.06. The second-order valence-electron chi connectivity index (χ2n) is 8.48. The first-order chi connectivity index (χ1) is 11.1. The number of ether oxygens (including phenoxy) is 2. The Morgan fingerprint density at radius 1 is 1.29 bits per heavy atom. The number of Topliss-reactive ketones (excluding diaryl/α,β-unsaturated/α-hetero) is 1. The molecule has 2 saturated carbocycles. The summed E-state index contributed by atoms with van der Waals surface area (Å²) in [4.78, 5) is 25.0. The molecule has 0 saturated heterocycles. The average molecular weight is 336 g/mol. The Kier molecular flexibility index (Phi) is 5.58. The van der Waals surface area contributed by atoms with E-state index in [0.717, 1.165) is 24.8 Å². The molecule has 136 valence electrons. The van der Waals surface area contributed by atoms with Gasteiger partial charge in [-0.15, -0.1) is 0 Å². The van der Waals surface area contributed by atoms with Gasteiger partial charge in [-0.25, -0.2) is 0 Å². The van der Waals surface area contributed by atoms with Crippen molar-refractivity contribution in [3.8, 4) is 0 Å². The van der Waals surface area contributed by atoms with Crippen molar-refractivity contribution < 1.29 is 19.1 Å². The summed E-state index contributed by atoms with van der Waals surface area (Å²) in [5, 5.41) is 0. The lowest BCUT2D eigenvalue weighted by atomic mass is 9.65. The molecule has 2 aliphatic carbocycles. The first-order valence-electron chi connectivity index (χ1n) is 9.06. The lowest BCUT2D eigenvalue weighted by molar-refractivity contribution is -0.153. The number of rotatable bonds is 2. The number of ketones is 1. The fourth-order valence-corrected chi connectivity index (χ4v) is 4.57. The molecule has 0 aliphatic heterocycles. The van der Waals surface area contributed by atoms with E-state index in [1.165, 1.54) is 7.11 Å². The highest BCUT2D eigenvalue weighted by Crippen LogP contribution is 2.54. The molecule has 0 radical (unpaired) electrons. The third-order valence-corrected chi connectivity index (χ3v) is 5.85. The van der Waals surface area contributed by atoms with Gasteiger partial charge < -0.3 is 9.47 Å². The maximum atomic E-state index is 12.5. The predicted octanol–water partition coefficient (Wildman–Crippen LogP) is 4.07. The third kappa shape index (κ3) is 3.74. The highest BCUT2D eigenvalue weighted by Gasteiger charge is 2.54. The maximum Gasteiger partial charge on any atom is 0.309 e. The van der Waals surface area contributed by atoms with Crippen molar-refractivity contribution in [2.45, 2.75) is 78.4 Å². The lowest BCUT2D eigenvalue weighted by Gasteiger charge is -2.43. The molecule has 4 heteroatoms. The molecule has 24 heavy (non-hydrogen) atoms. The monoisotopic (exact) mass is 336 g/mol. The van der Waals surface area contributed by atoms with Crippen LogP contribution in [0.25, 0.3) is 0 Å². The van der Waals surface area contributed by atoms with Crippen molar-refractivity contribution >= 4 is 11.8 Å². The lowest BCUT2D eigenvalue weighted by Crippen LogP contribution is -2.44. The van der Waals surface area contributed by atoms with Gasteiger partial charge >= 0.3 is 5.97 Å². The average Bonchev–Trinajstić information content (AvgIpc) is 2.79. The number of fused-ring (bicyclic) bond motifs is 1. The molecular formula is C20H32O4. The molecule has 0 spiro atoms. The highest BCUT2D eigenvalue weighted by molar-refractivity contribution is 5.96. The minimum absolute atomic E-state index is 0.0783. The summed E-state index contributed by atoms with van der Waals surface area (Å²) >= 11 is 0. The largest absolute Gasteiger partial charge is 0.469 e. The quantitative estimate of drug-likeness (QED) is 0.563. The molecule has 2 rings (SSSR count). The Morgan fingerprint density at radius 3 is 2.50 bits per heavy atom. The van der Waals surface area contributed by atoms with Gasteiger partial charge in [0.25, 0.3) is 0 Å². The van der Waals surface area contributed by atoms with Gasteiger partial charge in [-0.05, 0) is 70.3 Å². The topological polar surface area (TPSA) is 52.6 Å². The maximum absolute atomic E-state index is 12.5. The zero-order valence-electron chi connectivity index (χ0n) is 16.0. The van der Waals surface area contributed by atoms with E-state index in [-0.39, 0.29) is 40.7 Å². The SMILES string of the molecule is C/C=C1\C[C@@H](C(=O)OC)[C@H]2CC[C@@H](OC(C)(C)C)[C@]2(C)CCC1=O. The molecule has 0 aromatic rings. The smallest absolute Gasteiger partial charge is 0.309 e. The minimum Gasteiger partial charge on any atom is -0.469 e. The zero-order valence-corrected chi connectivity index (χ0v) is 16.0. The van der Waals surface area contributed by atoms with Crippen molar-refractivity contribution in [3.05, 3.63) is 11.6 Å². The van der Waals surface area contributed by atoms with Crippen LogP contribution in [0, 0.1) is 17.3 Å². The van der Waals surface area contributed by atoms with Gasteiger partial charge in [0.2, 0.25) is 0 Å². The Hall–Kier alpha value is -1.16. The van der Waals surface area contributed by atoms with Crippen LogP contribution in [-0.2, 0) is 19.1 Å².